The number of esters is 1. The van der Waals surface area contributed by atoms with E-state index < -0.39 is 11.9 Å². The number of amides is 1. The minimum absolute atomic E-state index is 0.0186. The van der Waals surface area contributed by atoms with Crippen molar-refractivity contribution < 1.29 is 14.3 Å². The van der Waals surface area contributed by atoms with Gasteiger partial charge in [0.1, 0.15) is 16.9 Å². The molecule has 8 nitrogen and oxygen atoms in total. The molecule has 0 saturated heterocycles. The van der Waals surface area contributed by atoms with E-state index in [9.17, 15) is 14.4 Å². The number of ether oxygens (including phenoxy) is 1. The van der Waals surface area contributed by atoms with Gasteiger partial charge in [0, 0.05) is 17.8 Å². The predicted octanol–water partition coefficient (Wildman–Crippen LogP) is 4.84. The second-order valence-electron chi connectivity index (χ2n) is 8.69. The Morgan fingerprint density at radius 3 is 2.53 bits per heavy atom. The number of benzene rings is 1. The molecule has 4 rings (SSSR count). The Morgan fingerprint density at radius 1 is 1.11 bits per heavy atom. The highest BCUT2D eigenvalue weighted by Crippen LogP contribution is 2.22. The summed E-state index contributed by atoms with van der Waals surface area (Å²) >= 11 is 12.2. The fourth-order valence-corrected chi connectivity index (χ4v) is 4.41. The van der Waals surface area contributed by atoms with Gasteiger partial charge >= 0.3 is 5.97 Å². The minimum Gasteiger partial charge on any atom is -0.462 e. The van der Waals surface area contributed by atoms with Crippen LogP contribution in [0.3, 0.4) is 0 Å². The van der Waals surface area contributed by atoms with E-state index in [0.717, 1.165) is 5.56 Å². The van der Waals surface area contributed by atoms with E-state index in [1.807, 2.05) is 26.8 Å². The average molecular weight is 527 g/mol. The number of hydrogen-bond acceptors (Lipinski definition) is 5. The molecule has 186 valence electrons. The second-order valence-corrected chi connectivity index (χ2v) is 9.53. The van der Waals surface area contributed by atoms with E-state index in [2.05, 4.69) is 4.99 Å². The smallest absolute Gasteiger partial charge is 0.341 e. The summed E-state index contributed by atoms with van der Waals surface area (Å²) in [7, 11) is 0. The molecule has 0 atom stereocenters. The van der Waals surface area contributed by atoms with Gasteiger partial charge in [0.05, 0.1) is 22.6 Å². The molecule has 0 saturated carbocycles. The number of nitrogens with zero attached hydrogens (tertiary/aromatic N) is 4. The number of fused-ring (bicyclic) bond motifs is 2. The summed E-state index contributed by atoms with van der Waals surface area (Å²) in [6.07, 6.45) is 1.62. The van der Waals surface area contributed by atoms with E-state index >= 15 is 0 Å². The predicted molar refractivity (Wildman–Crippen MR) is 139 cm³/mol. The Balaban J connectivity index is 2.16. The third kappa shape index (κ3) is 4.79. The van der Waals surface area contributed by atoms with Crippen LogP contribution in [-0.2, 0) is 11.3 Å². The first kappa shape index (κ1) is 25.6. The Kier molecular flexibility index (Phi) is 7.28. The lowest BCUT2D eigenvalue weighted by atomic mass is 10.1. The van der Waals surface area contributed by atoms with Crippen LogP contribution in [0.2, 0.25) is 10.0 Å². The van der Waals surface area contributed by atoms with Gasteiger partial charge in [0.2, 0.25) is 0 Å². The van der Waals surface area contributed by atoms with Gasteiger partial charge in [0.25, 0.3) is 11.5 Å². The number of halogens is 2. The first-order chi connectivity index (χ1) is 17.1. The molecule has 0 aliphatic rings. The Morgan fingerprint density at radius 2 is 1.86 bits per heavy atom. The zero-order valence-corrected chi connectivity index (χ0v) is 21.7. The van der Waals surface area contributed by atoms with E-state index in [4.69, 9.17) is 32.9 Å². The van der Waals surface area contributed by atoms with Crippen molar-refractivity contribution in [2.45, 2.75) is 34.2 Å². The zero-order valence-electron chi connectivity index (χ0n) is 20.2. The first-order valence-corrected chi connectivity index (χ1v) is 12.1. The highest BCUT2D eigenvalue weighted by molar-refractivity contribution is 6.36. The van der Waals surface area contributed by atoms with Crippen molar-refractivity contribution in [3.63, 3.8) is 0 Å². The summed E-state index contributed by atoms with van der Waals surface area (Å²) in [6, 6.07) is 9.44. The number of hydrogen-bond donors (Lipinski definition) is 0. The van der Waals surface area contributed by atoms with E-state index in [0.29, 0.717) is 22.9 Å². The molecule has 10 heteroatoms. The topological polar surface area (TPSA) is 95.0 Å². The Bertz CT molecular complexity index is 1650. The maximum absolute atomic E-state index is 13.5. The van der Waals surface area contributed by atoms with Gasteiger partial charge in [-0.1, -0.05) is 43.1 Å². The van der Waals surface area contributed by atoms with E-state index in [-0.39, 0.29) is 45.1 Å². The lowest BCUT2D eigenvalue weighted by Gasteiger charge is -2.17. The van der Waals surface area contributed by atoms with Crippen LogP contribution in [0, 0.1) is 12.8 Å². The molecule has 0 bridgehead atoms. The van der Waals surface area contributed by atoms with Crippen LogP contribution in [0.4, 0.5) is 0 Å². The first-order valence-electron chi connectivity index (χ1n) is 11.4. The average Bonchev–Trinajstić information content (AvgIpc) is 2.81. The van der Waals surface area contributed by atoms with Crippen molar-refractivity contribution in [1.29, 1.82) is 0 Å². The van der Waals surface area contributed by atoms with Gasteiger partial charge in [-0.05, 0) is 55.7 Å². The Labute approximate surface area is 216 Å². The fraction of sp³-hybridized carbons (Fsp3) is 0.269. The van der Waals surface area contributed by atoms with E-state index in [1.54, 1.807) is 23.8 Å². The summed E-state index contributed by atoms with van der Waals surface area (Å²) < 4.78 is 8.31. The number of carbonyl (C=O) groups is 2. The quantitative estimate of drug-likeness (QED) is 0.274. The van der Waals surface area contributed by atoms with Gasteiger partial charge in [0.15, 0.2) is 5.49 Å². The SMILES string of the molecule is CCOC(=O)c1cc2c(=O)n3cccc(C)c3nc2n(CC(C)C)c1=NC(=O)c1ccc(Cl)cc1Cl. The van der Waals surface area contributed by atoms with Gasteiger partial charge < -0.3 is 9.30 Å². The monoisotopic (exact) mass is 526 g/mol. The van der Waals surface area contributed by atoms with Crippen LogP contribution in [0.5, 0.6) is 0 Å². The molecule has 0 radical (unpaired) electrons. The molecule has 0 aliphatic carbocycles. The van der Waals surface area contributed by atoms with Crippen LogP contribution in [0.25, 0.3) is 16.7 Å². The molecule has 3 aromatic heterocycles. The van der Waals surface area contributed by atoms with Gasteiger partial charge in [-0.15, -0.1) is 0 Å². The number of aryl methyl sites for hydroxylation is 1. The molecular formula is C26H24Cl2N4O4. The normalized spacial score (nSPS) is 12.0. The molecule has 0 spiro atoms. The largest absolute Gasteiger partial charge is 0.462 e. The summed E-state index contributed by atoms with van der Waals surface area (Å²) in [6.45, 7) is 7.89. The molecule has 4 aromatic rings. The summed E-state index contributed by atoms with van der Waals surface area (Å²) in [5.74, 6) is -1.32. The van der Waals surface area contributed by atoms with Crippen molar-refractivity contribution in [3.8, 4) is 0 Å². The summed E-state index contributed by atoms with van der Waals surface area (Å²) in [4.78, 5) is 48.8. The van der Waals surface area contributed by atoms with Crippen molar-refractivity contribution >= 4 is 51.8 Å². The molecule has 0 aliphatic heterocycles. The second kappa shape index (κ2) is 10.2. The lowest BCUT2D eigenvalue weighted by Crippen LogP contribution is -2.34. The van der Waals surface area contributed by atoms with Crippen LogP contribution in [0.1, 0.15) is 47.1 Å². The third-order valence-corrected chi connectivity index (χ3v) is 6.06. The molecule has 0 unspecified atom stereocenters. The molecule has 36 heavy (non-hydrogen) atoms. The number of aromatic nitrogens is 3. The number of pyridine rings is 2. The van der Waals surface area contributed by atoms with Crippen LogP contribution in [-0.4, -0.2) is 32.4 Å². The third-order valence-electron chi connectivity index (χ3n) is 5.52. The van der Waals surface area contributed by atoms with Crippen LogP contribution >= 0.6 is 23.2 Å². The van der Waals surface area contributed by atoms with Crippen molar-refractivity contribution in [2.24, 2.45) is 10.9 Å². The summed E-state index contributed by atoms with van der Waals surface area (Å²) in [5, 5.41) is 0.706. The molecule has 0 N–H and O–H groups in total. The van der Waals surface area contributed by atoms with Gasteiger partial charge in [-0.3, -0.25) is 14.0 Å². The molecule has 0 fully saturated rings. The highest BCUT2D eigenvalue weighted by atomic mass is 35.5. The zero-order chi connectivity index (χ0) is 26.1. The number of carbonyl (C=O) groups excluding carboxylic acids is 2. The van der Waals surface area contributed by atoms with Crippen LogP contribution < -0.4 is 11.0 Å². The fourth-order valence-electron chi connectivity index (χ4n) is 3.92. The van der Waals surface area contributed by atoms with Crippen LogP contribution in [0.15, 0.2) is 52.4 Å². The molecule has 1 amide bonds. The van der Waals surface area contributed by atoms with Crippen molar-refractivity contribution in [1.82, 2.24) is 14.0 Å². The Hall–Kier alpha value is -3.49. The molecule has 3 heterocycles. The maximum Gasteiger partial charge on any atom is 0.341 e. The van der Waals surface area contributed by atoms with Crippen molar-refractivity contribution in [2.75, 3.05) is 6.61 Å². The van der Waals surface area contributed by atoms with Gasteiger partial charge in [-0.2, -0.15) is 4.99 Å². The standard InChI is InChI=1S/C26H24Cl2N4O4/c1-5-36-26(35)19-12-18-22(29-21-15(4)7-6-10-31(21)25(18)34)32(13-14(2)3)23(19)30-24(33)17-9-8-16(27)11-20(17)28/h6-12,14H,5,13H2,1-4H3. The summed E-state index contributed by atoms with van der Waals surface area (Å²) in [5.41, 5.74) is 1.36. The lowest BCUT2D eigenvalue weighted by molar-refractivity contribution is 0.0523. The molecular weight excluding hydrogens is 503 g/mol. The minimum atomic E-state index is -0.709. The highest BCUT2D eigenvalue weighted by Gasteiger charge is 2.21. The number of rotatable bonds is 5. The van der Waals surface area contributed by atoms with Gasteiger partial charge in [-0.25, -0.2) is 9.78 Å². The van der Waals surface area contributed by atoms with E-state index in [1.165, 1.54) is 28.7 Å². The maximum atomic E-state index is 13.5. The molecule has 1 aromatic carbocycles. The van der Waals surface area contributed by atoms with Crippen molar-refractivity contribution in [3.05, 3.63) is 85.2 Å².